The largest absolute Gasteiger partial charge is 0.497 e. The lowest BCUT2D eigenvalue weighted by Crippen LogP contribution is -2.47. The normalized spacial score (nSPS) is 15.1. The number of aryl methyl sites for hydroxylation is 1. The van der Waals surface area contributed by atoms with Gasteiger partial charge in [-0.25, -0.2) is 19.4 Å². The van der Waals surface area contributed by atoms with E-state index >= 15 is 0 Å². The van der Waals surface area contributed by atoms with Crippen LogP contribution in [-0.2, 0) is 14.3 Å². The number of carbonyl (C=O) groups is 3. The highest BCUT2D eigenvalue weighted by atomic mass is 16.5. The Labute approximate surface area is 207 Å². The van der Waals surface area contributed by atoms with Crippen molar-refractivity contribution in [2.45, 2.75) is 19.9 Å². The van der Waals surface area contributed by atoms with Crippen molar-refractivity contribution in [1.29, 1.82) is 0 Å². The molecule has 1 aliphatic heterocycles. The first-order valence-corrected chi connectivity index (χ1v) is 11.2. The highest BCUT2D eigenvalue weighted by molar-refractivity contribution is 5.95. The number of nitrogens with one attached hydrogen (secondary N) is 2. The van der Waals surface area contributed by atoms with E-state index in [4.69, 9.17) is 18.6 Å². The van der Waals surface area contributed by atoms with Crippen molar-refractivity contribution < 1.29 is 33.0 Å². The van der Waals surface area contributed by atoms with E-state index in [1.807, 2.05) is 18.2 Å². The number of oxazole rings is 1. The highest BCUT2D eigenvalue weighted by Crippen LogP contribution is 2.29. The predicted molar refractivity (Wildman–Crippen MR) is 128 cm³/mol. The summed E-state index contributed by atoms with van der Waals surface area (Å²) in [5.74, 6) is -0.235. The molecule has 0 radical (unpaired) electrons. The third kappa shape index (κ3) is 5.22. The molecule has 3 aromatic rings. The number of esters is 2. The average molecular weight is 492 g/mol. The van der Waals surface area contributed by atoms with Crippen molar-refractivity contribution in [3.8, 4) is 17.2 Å². The van der Waals surface area contributed by atoms with Crippen LogP contribution in [-0.4, -0.2) is 43.3 Å². The standard InChI is InChI=1S/C26H25N3O7/c1-4-34-24(30)20-19(27-26(32)29-22(20)16-10-12-18(33-3)13-11-16)14-35-25(31)21-15(2)36-23(28-21)17-8-6-5-7-9-17/h5-13,22H,4,14H2,1-3H3,(H2,27,29,32). The maximum Gasteiger partial charge on any atom is 0.361 e. The van der Waals surface area contributed by atoms with E-state index in [0.29, 0.717) is 16.9 Å². The topological polar surface area (TPSA) is 129 Å². The zero-order chi connectivity index (χ0) is 25.7. The third-order valence-electron chi connectivity index (χ3n) is 5.46. The molecule has 0 spiro atoms. The molecule has 4 rings (SSSR count). The molecule has 186 valence electrons. The second-order valence-corrected chi connectivity index (χ2v) is 7.78. The van der Waals surface area contributed by atoms with Gasteiger partial charge in [0.2, 0.25) is 5.89 Å². The third-order valence-corrected chi connectivity index (χ3v) is 5.46. The smallest absolute Gasteiger partial charge is 0.361 e. The zero-order valence-corrected chi connectivity index (χ0v) is 20.0. The van der Waals surface area contributed by atoms with E-state index in [0.717, 1.165) is 0 Å². The zero-order valence-electron chi connectivity index (χ0n) is 20.0. The molecule has 1 aliphatic rings. The van der Waals surface area contributed by atoms with Gasteiger partial charge in [-0.3, -0.25) is 0 Å². The van der Waals surface area contributed by atoms with Crippen molar-refractivity contribution >= 4 is 18.0 Å². The summed E-state index contributed by atoms with van der Waals surface area (Å²) in [4.78, 5) is 42.4. The van der Waals surface area contributed by atoms with Crippen molar-refractivity contribution in [2.24, 2.45) is 0 Å². The quantitative estimate of drug-likeness (QED) is 0.457. The van der Waals surface area contributed by atoms with Crippen LogP contribution in [0.4, 0.5) is 4.79 Å². The van der Waals surface area contributed by atoms with Gasteiger partial charge in [-0.05, 0) is 43.7 Å². The van der Waals surface area contributed by atoms with Gasteiger partial charge in [-0.1, -0.05) is 30.3 Å². The number of benzene rings is 2. The minimum absolute atomic E-state index is 0.000830. The number of ether oxygens (including phenoxy) is 3. The Morgan fingerprint density at radius 3 is 2.42 bits per heavy atom. The van der Waals surface area contributed by atoms with Gasteiger partial charge in [0.25, 0.3) is 0 Å². The summed E-state index contributed by atoms with van der Waals surface area (Å²) in [6, 6.07) is 14.6. The van der Waals surface area contributed by atoms with Gasteiger partial charge in [0.05, 0.1) is 31.0 Å². The first-order valence-electron chi connectivity index (χ1n) is 11.2. The summed E-state index contributed by atoms with van der Waals surface area (Å²) < 4.78 is 21.5. The summed E-state index contributed by atoms with van der Waals surface area (Å²) in [5, 5.41) is 5.29. The number of nitrogens with zero attached hydrogens (tertiary/aromatic N) is 1. The summed E-state index contributed by atoms with van der Waals surface area (Å²) in [6.45, 7) is 3.01. The lowest BCUT2D eigenvalue weighted by molar-refractivity contribution is -0.139. The minimum Gasteiger partial charge on any atom is -0.497 e. The number of aromatic nitrogens is 1. The molecule has 10 heteroatoms. The molecule has 0 saturated heterocycles. The molecule has 2 aromatic carbocycles. The van der Waals surface area contributed by atoms with Gasteiger partial charge >= 0.3 is 18.0 Å². The van der Waals surface area contributed by atoms with Crippen LogP contribution >= 0.6 is 0 Å². The fraction of sp³-hybridized carbons (Fsp3) is 0.231. The molecule has 0 aliphatic carbocycles. The molecule has 0 bridgehead atoms. The summed E-state index contributed by atoms with van der Waals surface area (Å²) in [7, 11) is 1.54. The molecule has 2 heterocycles. The Balaban J connectivity index is 1.61. The van der Waals surface area contributed by atoms with E-state index in [-0.39, 0.29) is 41.8 Å². The van der Waals surface area contributed by atoms with Gasteiger partial charge < -0.3 is 29.3 Å². The molecule has 2 amide bonds. The van der Waals surface area contributed by atoms with Crippen LogP contribution in [0.5, 0.6) is 5.75 Å². The fourth-order valence-electron chi connectivity index (χ4n) is 3.72. The second-order valence-electron chi connectivity index (χ2n) is 7.78. The Morgan fingerprint density at radius 2 is 1.75 bits per heavy atom. The Morgan fingerprint density at radius 1 is 1.03 bits per heavy atom. The van der Waals surface area contributed by atoms with E-state index < -0.39 is 24.0 Å². The number of amides is 2. The van der Waals surface area contributed by atoms with Crippen LogP contribution < -0.4 is 15.4 Å². The molecule has 0 fully saturated rings. The van der Waals surface area contributed by atoms with Crippen LogP contribution in [0.3, 0.4) is 0 Å². The average Bonchev–Trinajstić information content (AvgIpc) is 3.29. The SMILES string of the molecule is CCOC(=O)C1=C(COC(=O)c2nc(-c3ccccc3)oc2C)NC(=O)NC1c1ccc(OC)cc1. The van der Waals surface area contributed by atoms with Crippen LogP contribution in [0.25, 0.3) is 11.5 Å². The van der Waals surface area contributed by atoms with Crippen molar-refractivity contribution in [2.75, 3.05) is 20.3 Å². The fourth-order valence-corrected chi connectivity index (χ4v) is 3.72. The molecule has 10 nitrogen and oxygen atoms in total. The molecule has 1 aromatic heterocycles. The molecule has 36 heavy (non-hydrogen) atoms. The number of rotatable bonds is 8. The van der Waals surface area contributed by atoms with E-state index in [1.54, 1.807) is 50.2 Å². The van der Waals surface area contributed by atoms with Crippen LogP contribution in [0.2, 0.25) is 0 Å². The number of hydrogen-bond donors (Lipinski definition) is 2. The van der Waals surface area contributed by atoms with Gasteiger partial charge in [0, 0.05) is 5.56 Å². The van der Waals surface area contributed by atoms with Gasteiger partial charge in [-0.2, -0.15) is 0 Å². The molecule has 1 atom stereocenters. The van der Waals surface area contributed by atoms with Gasteiger partial charge in [-0.15, -0.1) is 0 Å². The number of methoxy groups -OCH3 is 1. The van der Waals surface area contributed by atoms with Gasteiger partial charge in [0.15, 0.2) is 5.69 Å². The number of urea groups is 1. The summed E-state index contributed by atoms with van der Waals surface area (Å²) in [5.41, 5.74) is 1.56. The predicted octanol–water partition coefficient (Wildman–Crippen LogP) is 3.69. The minimum atomic E-state index is -0.823. The van der Waals surface area contributed by atoms with E-state index in [2.05, 4.69) is 15.6 Å². The molecule has 2 N–H and O–H groups in total. The van der Waals surface area contributed by atoms with E-state index in [9.17, 15) is 14.4 Å². The Kier molecular flexibility index (Phi) is 7.33. The number of carbonyl (C=O) groups excluding carboxylic acids is 3. The monoisotopic (exact) mass is 491 g/mol. The lowest BCUT2D eigenvalue weighted by Gasteiger charge is -2.29. The first-order chi connectivity index (χ1) is 17.4. The van der Waals surface area contributed by atoms with Crippen molar-refractivity contribution in [1.82, 2.24) is 15.6 Å². The van der Waals surface area contributed by atoms with Gasteiger partial charge in [0.1, 0.15) is 18.1 Å². The lowest BCUT2D eigenvalue weighted by atomic mass is 9.95. The Bertz CT molecular complexity index is 1300. The highest BCUT2D eigenvalue weighted by Gasteiger charge is 2.34. The maximum absolute atomic E-state index is 12.9. The molecular formula is C26H25N3O7. The maximum atomic E-state index is 12.9. The first kappa shape index (κ1) is 24.5. The molecule has 0 saturated carbocycles. The number of hydrogen-bond acceptors (Lipinski definition) is 8. The van der Waals surface area contributed by atoms with Crippen molar-refractivity contribution in [3.63, 3.8) is 0 Å². The van der Waals surface area contributed by atoms with E-state index in [1.165, 1.54) is 7.11 Å². The van der Waals surface area contributed by atoms with Crippen LogP contribution in [0.15, 0.2) is 70.3 Å². The van der Waals surface area contributed by atoms with Crippen molar-refractivity contribution in [3.05, 3.63) is 82.9 Å². The summed E-state index contributed by atoms with van der Waals surface area (Å²) >= 11 is 0. The molecule has 1 unspecified atom stereocenters. The Hall–Kier alpha value is -4.60. The molecular weight excluding hydrogens is 466 g/mol. The van der Waals surface area contributed by atoms with Crippen LogP contribution in [0, 0.1) is 6.92 Å². The summed E-state index contributed by atoms with van der Waals surface area (Å²) in [6.07, 6.45) is 0. The second kappa shape index (κ2) is 10.8. The van der Waals surface area contributed by atoms with Crippen LogP contribution in [0.1, 0.15) is 34.8 Å².